The maximum Gasteiger partial charge on any atom is 0.179 e. The van der Waals surface area contributed by atoms with Crippen molar-refractivity contribution in [1.29, 1.82) is 0 Å². The highest BCUT2D eigenvalue weighted by Gasteiger charge is 2.06. The van der Waals surface area contributed by atoms with Crippen molar-refractivity contribution in [2.75, 3.05) is 0 Å². The summed E-state index contributed by atoms with van der Waals surface area (Å²) in [5.74, 6) is 0.796. The lowest BCUT2D eigenvalue weighted by atomic mass is 10.2. The van der Waals surface area contributed by atoms with Gasteiger partial charge < -0.3 is 0 Å². The molecule has 1 aromatic carbocycles. The second-order valence-corrected chi connectivity index (χ2v) is 6.43. The highest BCUT2D eigenvalue weighted by Crippen LogP contribution is 2.17. The van der Waals surface area contributed by atoms with E-state index in [1.165, 1.54) is 26.4 Å². The fourth-order valence-electron chi connectivity index (χ4n) is 1.82. The van der Waals surface area contributed by atoms with Gasteiger partial charge in [-0.05, 0) is 22.8 Å². The molecule has 0 atom stereocenters. The van der Waals surface area contributed by atoms with E-state index in [0.29, 0.717) is 11.7 Å². The molecule has 3 rings (SSSR count). The molecule has 0 saturated heterocycles. The van der Waals surface area contributed by atoms with Gasteiger partial charge in [0, 0.05) is 16.6 Å². The van der Waals surface area contributed by atoms with E-state index in [0.717, 1.165) is 16.2 Å². The van der Waals surface area contributed by atoms with Crippen LogP contribution in [0.1, 0.15) is 11.3 Å². The summed E-state index contributed by atoms with van der Waals surface area (Å²) in [5, 5.41) is 4.93. The number of halogens is 1. The van der Waals surface area contributed by atoms with E-state index in [4.69, 9.17) is 11.6 Å². The monoisotopic (exact) mass is 322 g/mol. The maximum atomic E-state index is 6.00. The van der Waals surface area contributed by atoms with Crippen LogP contribution in [-0.2, 0) is 6.54 Å². The van der Waals surface area contributed by atoms with Gasteiger partial charge in [0.15, 0.2) is 15.6 Å². The number of aromatic nitrogens is 3. The van der Waals surface area contributed by atoms with Gasteiger partial charge in [-0.15, -0.1) is 0 Å². The van der Waals surface area contributed by atoms with Gasteiger partial charge in [-0.1, -0.05) is 41.9 Å². The van der Waals surface area contributed by atoms with E-state index in [-0.39, 0.29) is 0 Å². The van der Waals surface area contributed by atoms with Crippen LogP contribution in [-0.4, -0.2) is 14.2 Å². The molecule has 0 fully saturated rings. The van der Waals surface area contributed by atoms with Gasteiger partial charge in [-0.25, -0.2) is 9.67 Å². The molecule has 3 aromatic rings. The summed E-state index contributed by atoms with van der Waals surface area (Å²) < 4.78 is 6.64. The van der Waals surface area contributed by atoms with Crippen molar-refractivity contribution in [1.82, 2.24) is 14.2 Å². The quantitative estimate of drug-likeness (QED) is 0.691. The van der Waals surface area contributed by atoms with Crippen molar-refractivity contribution in [3.05, 3.63) is 57.5 Å². The van der Waals surface area contributed by atoms with Crippen molar-refractivity contribution >= 4 is 38.3 Å². The Kier molecular flexibility index (Phi) is 3.95. The highest BCUT2D eigenvalue weighted by atomic mass is 35.5. The second kappa shape index (κ2) is 5.87. The van der Waals surface area contributed by atoms with Gasteiger partial charge in [0.25, 0.3) is 0 Å². The molecular weight excluding hydrogens is 312 g/mol. The molecule has 2 aromatic heterocycles. The van der Waals surface area contributed by atoms with E-state index in [1.54, 1.807) is 0 Å². The first-order valence-electron chi connectivity index (χ1n) is 5.97. The summed E-state index contributed by atoms with van der Waals surface area (Å²) in [6.45, 7) is 2.64. The Balaban J connectivity index is 1.99. The lowest BCUT2D eigenvalue weighted by molar-refractivity contribution is 0.682. The van der Waals surface area contributed by atoms with Crippen LogP contribution in [0.2, 0.25) is 5.15 Å². The van der Waals surface area contributed by atoms with Crippen molar-refractivity contribution in [3.63, 3.8) is 0 Å². The van der Waals surface area contributed by atoms with Crippen LogP contribution in [0.25, 0.3) is 0 Å². The molecule has 0 amide bonds. The number of hydrogen-bond donors (Lipinski definition) is 0. The van der Waals surface area contributed by atoms with Crippen LogP contribution >= 0.6 is 32.5 Å². The van der Waals surface area contributed by atoms with Crippen LogP contribution in [0.4, 0.5) is 5.82 Å². The van der Waals surface area contributed by atoms with Crippen molar-refractivity contribution < 1.29 is 0 Å². The van der Waals surface area contributed by atoms with Gasteiger partial charge in [0.05, 0.1) is 12.2 Å². The summed E-state index contributed by atoms with van der Waals surface area (Å²) in [6, 6.07) is 12.1. The summed E-state index contributed by atoms with van der Waals surface area (Å²) in [7, 11) is 2.80. The smallest absolute Gasteiger partial charge is 0.179 e. The molecule has 4 nitrogen and oxygen atoms in total. The lowest BCUT2D eigenvalue weighted by Gasteiger charge is -2.03. The third kappa shape index (κ3) is 2.98. The van der Waals surface area contributed by atoms with E-state index in [1.807, 2.05) is 35.9 Å². The number of rotatable bonds is 3. The molecule has 0 saturated carbocycles. The molecular formula is C13H11ClN4S2. The predicted octanol–water partition coefficient (Wildman–Crippen LogP) is 3.64. The third-order valence-electron chi connectivity index (χ3n) is 2.68. The molecule has 0 aliphatic rings. The number of nitrogens with zero attached hydrogens (tertiary/aromatic N) is 4. The normalized spacial score (nSPS) is 12.0. The lowest BCUT2D eigenvalue weighted by Crippen LogP contribution is -2.03. The topological polar surface area (TPSA) is 43.1 Å². The predicted molar refractivity (Wildman–Crippen MR) is 82.7 cm³/mol. The molecule has 0 aliphatic carbocycles. The first-order chi connectivity index (χ1) is 9.72. The molecule has 0 spiro atoms. The molecule has 0 radical (unpaired) electrons. The Hall–Kier alpha value is -1.50. The first-order valence-corrected chi connectivity index (χ1v) is 8.45. The second-order valence-electron chi connectivity index (χ2n) is 4.24. The van der Waals surface area contributed by atoms with Crippen LogP contribution in [0.5, 0.6) is 0 Å². The third-order valence-corrected chi connectivity index (χ3v) is 4.85. The minimum Gasteiger partial charge on any atom is -0.243 e. The zero-order valence-corrected chi connectivity index (χ0v) is 13.0. The maximum absolute atomic E-state index is 6.00. The van der Waals surface area contributed by atoms with Gasteiger partial charge >= 0.3 is 0 Å². The summed E-state index contributed by atoms with van der Waals surface area (Å²) in [6.07, 6.45) is 0. The minimum absolute atomic E-state index is 0.449. The summed E-state index contributed by atoms with van der Waals surface area (Å²) in [4.78, 5) is 4.55. The molecule has 102 valence electrons. The van der Waals surface area contributed by atoms with E-state index in [9.17, 15) is 0 Å². The van der Waals surface area contributed by atoms with Gasteiger partial charge in [-0.3, -0.25) is 0 Å². The number of benzene rings is 1. The Morgan fingerprint density at radius 3 is 2.80 bits per heavy atom. The van der Waals surface area contributed by atoms with E-state index in [2.05, 4.69) is 26.6 Å². The Labute approximate surface area is 128 Å². The Bertz CT molecular complexity index is 773. The molecule has 7 heteroatoms. The molecule has 0 N–H and O–H groups in total. The average molecular weight is 323 g/mol. The number of aryl methyl sites for hydroxylation is 1. The fraction of sp³-hybridized carbons (Fsp3) is 0.154. The van der Waals surface area contributed by atoms with Crippen molar-refractivity contribution in [3.8, 4) is 0 Å². The fourth-order valence-corrected chi connectivity index (χ4v) is 3.80. The average Bonchev–Trinajstić information content (AvgIpc) is 2.98. The highest BCUT2D eigenvalue weighted by molar-refractivity contribution is 7.66. The molecule has 2 heterocycles. The van der Waals surface area contributed by atoms with E-state index < -0.39 is 0 Å². The van der Waals surface area contributed by atoms with Gasteiger partial charge in [0.1, 0.15) is 0 Å². The van der Waals surface area contributed by atoms with Gasteiger partial charge in [-0.2, -0.15) is 9.47 Å². The van der Waals surface area contributed by atoms with Crippen molar-refractivity contribution in [2.45, 2.75) is 13.5 Å². The van der Waals surface area contributed by atoms with E-state index >= 15 is 0 Å². The first kappa shape index (κ1) is 13.5. The number of hydrogen-bond acceptors (Lipinski definition) is 5. The standard InChI is InChI=1S/C13H11ClN4S2/c1-9-7-11(15-13-12(14)17-20-19-13)18(16-9)8-10-5-3-2-4-6-10/h2-7H,8H2,1H3. The zero-order chi connectivity index (χ0) is 13.9. The Morgan fingerprint density at radius 2 is 2.10 bits per heavy atom. The van der Waals surface area contributed by atoms with Crippen LogP contribution in [0.15, 0.2) is 41.4 Å². The summed E-state index contributed by atoms with van der Waals surface area (Å²) >= 11 is 6.00. The SMILES string of the molecule is Cc1cc(N=c2ssnc2Cl)n(Cc2ccccc2)n1. The molecule has 0 bridgehead atoms. The molecule has 0 unspecified atom stereocenters. The summed E-state index contributed by atoms with van der Waals surface area (Å²) in [5.41, 5.74) is 2.12. The Morgan fingerprint density at radius 1 is 1.30 bits per heavy atom. The van der Waals surface area contributed by atoms with Crippen LogP contribution in [0, 0.1) is 6.92 Å². The zero-order valence-electron chi connectivity index (χ0n) is 10.7. The minimum atomic E-state index is 0.449. The largest absolute Gasteiger partial charge is 0.243 e. The van der Waals surface area contributed by atoms with Crippen LogP contribution in [0.3, 0.4) is 0 Å². The van der Waals surface area contributed by atoms with Crippen molar-refractivity contribution in [2.24, 2.45) is 4.99 Å². The molecule has 20 heavy (non-hydrogen) atoms. The van der Waals surface area contributed by atoms with Gasteiger partial charge in [0.2, 0.25) is 0 Å². The molecule has 0 aliphatic heterocycles. The van der Waals surface area contributed by atoms with Crippen LogP contribution < -0.4 is 4.67 Å².